The molecule has 0 aromatic rings. The van der Waals surface area contributed by atoms with E-state index in [1.165, 1.54) is 0 Å². The van der Waals surface area contributed by atoms with Crippen molar-refractivity contribution >= 4 is 23.7 Å². The van der Waals surface area contributed by atoms with Gasteiger partial charge < -0.3 is 20.6 Å². The highest BCUT2D eigenvalue weighted by atomic mass is 16.4. The molecule has 2 fully saturated rings. The monoisotopic (exact) mass is 509 g/mol. The maximum absolute atomic E-state index is 13.8. The number of carbonyl (C=O) groups is 4. The second kappa shape index (κ2) is 12.9. The smallest absolute Gasteiger partial charge is 0.322 e. The number of nitrogens with zero attached hydrogens (tertiary/aromatic N) is 3. The molecule has 3 N–H and O–H groups in total. The lowest BCUT2D eigenvalue weighted by Crippen LogP contribution is -2.61. The molecule has 0 saturated carbocycles. The molecule has 2 rings (SSSR count). The van der Waals surface area contributed by atoms with E-state index in [1.807, 2.05) is 46.6 Å². The molecule has 36 heavy (non-hydrogen) atoms. The van der Waals surface area contributed by atoms with Crippen LogP contribution in [0.1, 0.15) is 66.7 Å². The lowest BCUT2D eigenvalue weighted by atomic mass is 9.84. The van der Waals surface area contributed by atoms with Crippen LogP contribution in [0, 0.1) is 11.3 Å². The van der Waals surface area contributed by atoms with Crippen LogP contribution in [0.25, 0.3) is 0 Å². The molecular formula is C26H47N5O5. The lowest BCUT2D eigenvalue weighted by molar-refractivity contribution is -0.143. The van der Waals surface area contributed by atoms with Crippen LogP contribution in [0.4, 0.5) is 0 Å². The molecular weight excluding hydrogens is 462 g/mol. The SMILES string of the molecule is CC(C)[C@@H](CN1CCCC1C(=O)NCC(=O)O)N(C)C(=O)C(NC(=O)C1CCCCN1C)C(C)(C)C. The van der Waals surface area contributed by atoms with E-state index in [2.05, 4.69) is 15.5 Å². The largest absolute Gasteiger partial charge is 0.480 e. The summed E-state index contributed by atoms with van der Waals surface area (Å²) in [5.74, 6) is -1.49. The van der Waals surface area contributed by atoms with Crippen molar-refractivity contribution in [3.8, 4) is 0 Å². The Labute approximate surface area is 216 Å². The van der Waals surface area contributed by atoms with E-state index in [0.29, 0.717) is 19.5 Å². The molecule has 2 aliphatic rings. The fourth-order valence-corrected chi connectivity index (χ4v) is 5.30. The second-order valence-electron chi connectivity index (χ2n) is 11.8. The van der Waals surface area contributed by atoms with Gasteiger partial charge in [0.2, 0.25) is 17.7 Å². The summed E-state index contributed by atoms with van der Waals surface area (Å²) in [6, 6.07) is -1.49. The summed E-state index contributed by atoms with van der Waals surface area (Å²) in [6.45, 7) is 11.7. The minimum atomic E-state index is -1.08. The molecule has 3 unspecified atom stereocenters. The number of carboxylic acids is 1. The Hall–Kier alpha value is -2.20. The summed E-state index contributed by atoms with van der Waals surface area (Å²) in [5.41, 5.74) is -0.483. The number of carboxylic acid groups (broad SMARTS) is 1. The van der Waals surface area contributed by atoms with E-state index in [-0.39, 0.29) is 35.7 Å². The summed E-state index contributed by atoms with van der Waals surface area (Å²) in [6.07, 6.45) is 4.36. The maximum Gasteiger partial charge on any atom is 0.322 e. The van der Waals surface area contributed by atoms with Crippen molar-refractivity contribution in [2.24, 2.45) is 11.3 Å². The predicted molar refractivity (Wildman–Crippen MR) is 138 cm³/mol. The Morgan fingerprint density at radius 1 is 1.00 bits per heavy atom. The fourth-order valence-electron chi connectivity index (χ4n) is 5.30. The van der Waals surface area contributed by atoms with E-state index in [9.17, 15) is 19.2 Å². The van der Waals surface area contributed by atoms with Crippen molar-refractivity contribution in [3.63, 3.8) is 0 Å². The average Bonchev–Trinajstić information content (AvgIpc) is 3.26. The van der Waals surface area contributed by atoms with Crippen molar-refractivity contribution in [2.45, 2.75) is 90.9 Å². The molecule has 0 aliphatic carbocycles. The molecule has 3 amide bonds. The van der Waals surface area contributed by atoms with E-state index in [4.69, 9.17) is 5.11 Å². The first kappa shape index (κ1) is 30.0. The van der Waals surface area contributed by atoms with Gasteiger partial charge in [-0.25, -0.2) is 0 Å². The van der Waals surface area contributed by atoms with Gasteiger partial charge in [-0.3, -0.25) is 29.0 Å². The number of carbonyl (C=O) groups excluding carboxylic acids is 3. The first-order valence-electron chi connectivity index (χ1n) is 13.2. The van der Waals surface area contributed by atoms with E-state index in [0.717, 1.165) is 32.2 Å². The van der Waals surface area contributed by atoms with Gasteiger partial charge in [-0.1, -0.05) is 41.0 Å². The molecule has 0 aromatic carbocycles. The van der Waals surface area contributed by atoms with Crippen LogP contribution in [-0.4, -0.2) is 108 Å². The first-order chi connectivity index (χ1) is 16.7. The zero-order valence-corrected chi connectivity index (χ0v) is 23.2. The van der Waals surface area contributed by atoms with Crippen LogP contribution in [-0.2, 0) is 19.2 Å². The molecule has 206 valence electrons. The number of hydrogen-bond donors (Lipinski definition) is 3. The molecule has 10 heteroatoms. The van der Waals surface area contributed by atoms with Crippen LogP contribution in [0.2, 0.25) is 0 Å². The molecule has 10 nitrogen and oxygen atoms in total. The molecule has 0 radical (unpaired) electrons. The van der Waals surface area contributed by atoms with Gasteiger partial charge in [0.15, 0.2) is 0 Å². The molecule has 0 aromatic heterocycles. The van der Waals surface area contributed by atoms with Gasteiger partial charge in [0.1, 0.15) is 12.6 Å². The molecule has 2 aliphatic heterocycles. The molecule has 0 spiro atoms. The summed E-state index contributed by atoms with van der Waals surface area (Å²) in [5, 5.41) is 14.5. The quantitative estimate of drug-likeness (QED) is 0.404. The zero-order chi connectivity index (χ0) is 27.2. The summed E-state index contributed by atoms with van der Waals surface area (Å²) in [7, 11) is 3.73. The van der Waals surface area contributed by atoms with Gasteiger partial charge in [-0.2, -0.15) is 0 Å². The van der Waals surface area contributed by atoms with Crippen molar-refractivity contribution in [1.29, 1.82) is 0 Å². The van der Waals surface area contributed by atoms with Gasteiger partial charge >= 0.3 is 5.97 Å². The summed E-state index contributed by atoms with van der Waals surface area (Å²) in [4.78, 5) is 56.3. The van der Waals surface area contributed by atoms with E-state index in [1.54, 1.807) is 11.9 Å². The highest BCUT2D eigenvalue weighted by Gasteiger charge is 2.41. The van der Waals surface area contributed by atoms with Crippen LogP contribution in [0.15, 0.2) is 0 Å². The number of aliphatic carboxylic acids is 1. The highest BCUT2D eigenvalue weighted by molar-refractivity contribution is 5.90. The average molecular weight is 510 g/mol. The number of nitrogens with one attached hydrogen (secondary N) is 2. The standard InChI is InChI=1S/C26H47N5O5/c1-17(2)20(16-31-14-10-12-19(31)23(34)27-15-21(32)33)30(7)25(36)22(26(3,4)5)28-24(35)18-11-8-9-13-29(18)6/h17-20,22H,8-16H2,1-7H3,(H,27,34)(H,28,35)(H,32,33)/t18?,19?,20-,22?/m1/s1. The number of hydrogen-bond acceptors (Lipinski definition) is 6. The van der Waals surface area contributed by atoms with Crippen LogP contribution >= 0.6 is 0 Å². The van der Waals surface area contributed by atoms with E-state index < -0.39 is 30.0 Å². The Morgan fingerprint density at radius 3 is 2.19 bits per heavy atom. The van der Waals surface area contributed by atoms with Gasteiger partial charge in [0.25, 0.3) is 0 Å². The summed E-state index contributed by atoms with van der Waals surface area (Å²) < 4.78 is 0. The number of amides is 3. The Balaban J connectivity index is 2.15. The molecule has 0 bridgehead atoms. The number of likely N-dealkylation sites (tertiary alicyclic amines) is 2. The molecule has 4 atom stereocenters. The highest BCUT2D eigenvalue weighted by Crippen LogP contribution is 2.26. The number of rotatable bonds is 10. The molecule has 2 heterocycles. The van der Waals surface area contributed by atoms with E-state index >= 15 is 0 Å². The Morgan fingerprint density at radius 2 is 1.64 bits per heavy atom. The normalized spacial score (nSPS) is 23.2. The maximum atomic E-state index is 13.8. The predicted octanol–water partition coefficient (Wildman–Crippen LogP) is 1.15. The third-order valence-corrected chi connectivity index (χ3v) is 7.59. The number of likely N-dealkylation sites (N-methyl/N-ethyl adjacent to an activating group) is 2. The van der Waals surface area contributed by atoms with Crippen molar-refractivity contribution in [3.05, 3.63) is 0 Å². The van der Waals surface area contributed by atoms with Crippen LogP contribution in [0.3, 0.4) is 0 Å². The second-order valence-corrected chi connectivity index (χ2v) is 11.8. The zero-order valence-electron chi connectivity index (χ0n) is 23.2. The summed E-state index contributed by atoms with van der Waals surface area (Å²) >= 11 is 0. The van der Waals surface area contributed by atoms with Gasteiger partial charge in [0, 0.05) is 19.6 Å². The third-order valence-electron chi connectivity index (χ3n) is 7.59. The minimum Gasteiger partial charge on any atom is -0.480 e. The Kier molecular flexibility index (Phi) is 10.7. The lowest BCUT2D eigenvalue weighted by Gasteiger charge is -2.41. The van der Waals surface area contributed by atoms with Gasteiger partial charge in [0.05, 0.1) is 12.1 Å². The van der Waals surface area contributed by atoms with Gasteiger partial charge in [-0.05, 0) is 57.2 Å². The number of piperidine rings is 1. The fraction of sp³-hybridized carbons (Fsp3) is 0.846. The first-order valence-corrected chi connectivity index (χ1v) is 13.2. The van der Waals surface area contributed by atoms with Crippen LogP contribution < -0.4 is 10.6 Å². The Bertz CT molecular complexity index is 796. The van der Waals surface area contributed by atoms with Crippen molar-refractivity contribution < 1.29 is 24.3 Å². The van der Waals surface area contributed by atoms with Crippen molar-refractivity contribution in [1.82, 2.24) is 25.3 Å². The topological polar surface area (TPSA) is 122 Å². The van der Waals surface area contributed by atoms with Gasteiger partial charge in [-0.15, -0.1) is 0 Å². The van der Waals surface area contributed by atoms with Crippen LogP contribution in [0.5, 0.6) is 0 Å². The molecule has 2 saturated heterocycles. The van der Waals surface area contributed by atoms with Crippen molar-refractivity contribution in [2.75, 3.05) is 40.3 Å². The minimum absolute atomic E-state index is 0.102. The third kappa shape index (κ3) is 7.90.